The Morgan fingerprint density at radius 3 is 3.05 bits per heavy atom. The number of hydrogen-bond donors (Lipinski definition) is 1. The summed E-state index contributed by atoms with van der Waals surface area (Å²) in [6, 6.07) is 1.54. The third-order valence-corrected chi connectivity index (χ3v) is 3.47. The van der Waals surface area contributed by atoms with Crippen molar-refractivity contribution in [2.45, 2.75) is 13.0 Å². The Labute approximate surface area is 116 Å². The highest BCUT2D eigenvalue weighted by Crippen LogP contribution is 2.23. The van der Waals surface area contributed by atoms with Crippen molar-refractivity contribution in [2.75, 3.05) is 19.8 Å². The number of hydrogen-bond acceptors (Lipinski definition) is 4. The third kappa shape index (κ3) is 2.20. The van der Waals surface area contributed by atoms with E-state index in [0.29, 0.717) is 25.5 Å². The van der Waals surface area contributed by atoms with E-state index in [1.165, 1.54) is 0 Å². The topological polar surface area (TPSA) is 76.0 Å². The molecule has 0 radical (unpaired) electrons. The van der Waals surface area contributed by atoms with Gasteiger partial charge in [0, 0.05) is 31.7 Å². The molecule has 1 aliphatic heterocycles. The molecule has 0 saturated carbocycles. The molecule has 1 fully saturated rings. The van der Waals surface area contributed by atoms with Gasteiger partial charge in [0.15, 0.2) is 0 Å². The molecule has 1 amide bonds. The lowest BCUT2D eigenvalue weighted by Crippen LogP contribution is -2.44. The first-order valence-corrected chi connectivity index (χ1v) is 6.55. The molecular weight excluding hydrogens is 258 g/mol. The quantitative estimate of drug-likeness (QED) is 0.873. The summed E-state index contributed by atoms with van der Waals surface area (Å²) >= 11 is 0. The van der Waals surface area contributed by atoms with Gasteiger partial charge in [-0.15, -0.1) is 0 Å². The maximum Gasteiger partial charge on any atom is 0.272 e. The van der Waals surface area contributed by atoms with Gasteiger partial charge < -0.3 is 14.6 Å². The zero-order valence-corrected chi connectivity index (χ0v) is 11.5. The molecule has 1 aliphatic rings. The minimum absolute atomic E-state index is 0.0487. The van der Waals surface area contributed by atoms with Crippen molar-refractivity contribution >= 4 is 5.91 Å². The maximum atomic E-state index is 12.6. The number of carbonyl (C=O) groups is 1. The molecule has 0 unspecified atom stereocenters. The molecule has 0 aromatic carbocycles. The molecule has 1 atom stereocenters. The number of nitrogens with zero attached hydrogens (tertiary/aromatic N) is 4. The summed E-state index contributed by atoms with van der Waals surface area (Å²) in [5.74, 6) is 0.713. The van der Waals surface area contributed by atoms with Gasteiger partial charge in [-0.25, -0.2) is 4.98 Å². The molecule has 3 heterocycles. The Hall–Kier alpha value is -2.15. The average Bonchev–Trinajstić information content (AvgIpc) is 3.07. The molecule has 3 rings (SSSR count). The van der Waals surface area contributed by atoms with Gasteiger partial charge in [0.2, 0.25) is 0 Å². The monoisotopic (exact) mass is 275 g/mol. The van der Waals surface area contributed by atoms with Crippen molar-refractivity contribution in [3.63, 3.8) is 0 Å². The van der Waals surface area contributed by atoms with Gasteiger partial charge in [0.05, 0.1) is 13.2 Å². The van der Waals surface area contributed by atoms with Crippen LogP contribution in [0.2, 0.25) is 0 Å². The molecule has 0 spiro atoms. The predicted molar refractivity (Wildman–Crippen MR) is 71.1 cm³/mol. The second-order valence-corrected chi connectivity index (χ2v) is 4.88. The zero-order valence-electron chi connectivity index (χ0n) is 11.5. The highest BCUT2D eigenvalue weighted by atomic mass is 16.5. The van der Waals surface area contributed by atoms with Crippen LogP contribution in [0.1, 0.15) is 28.0 Å². The van der Waals surface area contributed by atoms with Gasteiger partial charge >= 0.3 is 0 Å². The Bertz CT molecular complexity index is 618. The number of aromatic amines is 1. The summed E-state index contributed by atoms with van der Waals surface area (Å²) < 4.78 is 7.08. The van der Waals surface area contributed by atoms with E-state index in [9.17, 15) is 4.79 Å². The molecule has 2 aromatic heterocycles. The summed E-state index contributed by atoms with van der Waals surface area (Å²) in [4.78, 5) is 21.9. The van der Waals surface area contributed by atoms with E-state index in [1.54, 1.807) is 35.1 Å². The second kappa shape index (κ2) is 5.09. The summed E-state index contributed by atoms with van der Waals surface area (Å²) in [6.45, 7) is 3.48. The fraction of sp³-hybridized carbons (Fsp3) is 0.462. The number of aryl methyl sites for hydroxylation is 2. The number of carbonyl (C=O) groups excluding carboxylic acids is 1. The minimum Gasteiger partial charge on any atom is -0.377 e. The molecule has 1 saturated heterocycles. The summed E-state index contributed by atoms with van der Waals surface area (Å²) in [7, 11) is 1.76. The molecule has 7 nitrogen and oxygen atoms in total. The lowest BCUT2D eigenvalue weighted by Gasteiger charge is -2.34. The second-order valence-electron chi connectivity index (χ2n) is 4.88. The third-order valence-electron chi connectivity index (χ3n) is 3.47. The van der Waals surface area contributed by atoms with Crippen LogP contribution in [0.4, 0.5) is 0 Å². The highest BCUT2D eigenvalue weighted by molar-refractivity contribution is 5.92. The number of aromatic nitrogens is 4. The molecule has 0 bridgehead atoms. The standard InChI is InChI=1S/C13H17N5O2/c1-9-7-14-12(16-9)11-8-20-6-5-18(11)13(19)10-3-4-15-17(10)2/h3-4,7,11H,5-6,8H2,1-2H3,(H,14,16)/t11-/m0/s1. The van der Waals surface area contributed by atoms with Gasteiger partial charge in [0.25, 0.3) is 5.91 Å². The van der Waals surface area contributed by atoms with Crippen molar-refractivity contribution in [1.29, 1.82) is 0 Å². The van der Waals surface area contributed by atoms with Crippen molar-refractivity contribution < 1.29 is 9.53 Å². The van der Waals surface area contributed by atoms with Gasteiger partial charge in [0.1, 0.15) is 17.6 Å². The summed E-state index contributed by atoms with van der Waals surface area (Å²) in [5, 5.41) is 4.05. The molecular formula is C13H17N5O2. The molecule has 0 aliphatic carbocycles. The van der Waals surface area contributed by atoms with Crippen LogP contribution in [0.15, 0.2) is 18.5 Å². The van der Waals surface area contributed by atoms with Crippen LogP contribution in [0, 0.1) is 6.92 Å². The fourth-order valence-corrected chi connectivity index (χ4v) is 2.41. The van der Waals surface area contributed by atoms with Crippen LogP contribution in [0.3, 0.4) is 0 Å². The molecule has 7 heteroatoms. The van der Waals surface area contributed by atoms with Gasteiger partial charge in [-0.3, -0.25) is 9.48 Å². The van der Waals surface area contributed by atoms with Crippen LogP contribution in [0.5, 0.6) is 0 Å². The van der Waals surface area contributed by atoms with Gasteiger partial charge in [-0.1, -0.05) is 0 Å². The Balaban J connectivity index is 1.89. The summed E-state index contributed by atoms with van der Waals surface area (Å²) in [5.41, 5.74) is 1.54. The molecule has 2 aromatic rings. The minimum atomic E-state index is -0.181. The van der Waals surface area contributed by atoms with E-state index < -0.39 is 0 Å². The van der Waals surface area contributed by atoms with Crippen LogP contribution in [0.25, 0.3) is 0 Å². The number of ether oxygens (including phenoxy) is 1. The van der Waals surface area contributed by atoms with E-state index in [0.717, 1.165) is 11.5 Å². The van der Waals surface area contributed by atoms with Gasteiger partial charge in [-0.05, 0) is 13.0 Å². The average molecular weight is 275 g/mol. The van der Waals surface area contributed by atoms with Gasteiger partial charge in [-0.2, -0.15) is 5.10 Å². The van der Waals surface area contributed by atoms with Crippen LogP contribution >= 0.6 is 0 Å². The largest absolute Gasteiger partial charge is 0.377 e. The predicted octanol–water partition coefficient (Wildman–Crippen LogP) is 0.665. The maximum absolute atomic E-state index is 12.6. The number of nitrogens with one attached hydrogen (secondary N) is 1. The summed E-state index contributed by atoms with van der Waals surface area (Å²) in [6.07, 6.45) is 3.39. The Morgan fingerprint density at radius 2 is 2.40 bits per heavy atom. The van der Waals surface area contributed by atoms with Crippen molar-refractivity contribution in [2.24, 2.45) is 7.05 Å². The highest BCUT2D eigenvalue weighted by Gasteiger charge is 2.32. The van der Waals surface area contributed by atoms with Crippen LogP contribution < -0.4 is 0 Å². The van der Waals surface area contributed by atoms with Crippen molar-refractivity contribution in [3.05, 3.63) is 35.7 Å². The first-order valence-electron chi connectivity index (χ1n) is 6.55. The molecule has 1 N–H and O–H groups in total. The Kier molecular flexibility index (Phi) is 3.27. The number of rotatable bonds is 2. The zero-order chi connectivity index (χ0) is 14.1. The number of H-pyrrole nitrogens is 1. The normalized spacial score (nSPS) is 19.3. The van der Waals surface area contributed by atoms with E-state index >= 15 is 0 Å². The van der Waals surface area contributed by atoms with E-state index in [2.05, 4.69) is 15.1 Å². The SMILES string of the molecule is Cc1cnc([C@@H]2COCCN2C(=O)c2ccnn2C)[nH]1. The fourth-order valence-electron chi connectivity index (χ4n) is 2.41. The van der Waals surface area contributed by atoms with E-state index in [1.807, 2.05) is 6.92 Å². The first-order chi connectivity index (χ1) is 9.66. The van der Waals surface area contributed by atoms with Crippen LogP contribution in [-0.4, -0.2) is 50.3 Å². The lowest BCUT2D eigenvalue weighted by molar-refractivity contribution is -0.00556. The van der Waals surface area contributed by atoms with E-state index in [-0.39, 0.29) is 11.9 Å². The first kappa shape index (κ1) is 12.9. The molecule has 20 heavy (non-hydrogen) atoms. The Morgan fingerprint density at radius 1 is 1.55 bits per heavy atom. The van der Waals surface area contributed by atoms with Crippen LogP contribution in [-0.2, 0) is 11.8 Å². The number of morpholine rings is 1. The number of amides is 1. The van der Waals surface area contributed by atoms with Crippen molar-refractivity contribution in [3.8, 4) is 0 Å². The van der Waals surface area contributed by atoms with Crippen molar-refractivity contribution in [1.82, 2.24) is 24.6 Å². The molecule has 106 valence electrons. The lowest BCUT2D eigenvalue weighted by atomic mass is 10.2. The van der Waals surface area contributed by atoms with E-state index in [4.69, 9.17) is 4.74 Å². The number of imidazole rings is 1. The smallest absolute Gasteiger partial charge is 0.272 e.